The first-order chi connectivity index (χ1) is 15.2. The number of fused-ring (bicyclic) bond motifs is 5. The van der Waals surface area contributed by atoms with Crippen molar-refractivity contribution in [3.8, 4) is 22.9 Å². The number of rotatable bonds is 0. The number of nitrogen functional groups attached to an aromatic ring is 1. The van der Waals surface area contributed by atoms with E-state index in [9.17, 15) is 9.65 Å². The van der Waals surface area contributed by atoms with Crippen LogP contribution in [-0.4, -0.2) is 46.8 Å². The monoisotopic (exact) mass is 434 g/mol. The molecular formula is C22H23FN8O. The Labute approximate surface area is 185 Å². The van der Waals surface area contributed by atoms with Gasteiger partial charge in [0.25, 0.3) is 0 Å². The summed E-state index contributed by atoms with van der Waals surface area (Å²) >= 11 is 0. The van der Waals surface area contributed by atoms with Crippen LogP contribution in [0.25, 0.3) is 11.1 Å². The van der Waals surface area contributed by atoms with E-state index >= 15 is 0 Å². The third-order valence-electron chi connectivity index (χ3n) is 5.27. The van der Waals surface area contributed by atoms with Gasteiger partial charge in [0.2, 0.25) is 5.96 Å². The second-order valence-electron chi connectivity index (χ2n) is 7.72. The molecule has 0 saturated heterocycles. The Morgan fingerprint density at radius 1 is 1.25 bits per heavy atom. The van der Waals surface area contributed by atoms with Gasteiger partial charge in [-0.05, 0) is 31.2 Å². The van der Waals surface area contributed by atoms with Crippen LogP contribution in [0.2, 0.25) is 0 Å². The zero-order chi connectivity index (χ0) is 23.2. The lowest BCUT2D eigenvalue weighted by Gasteiger charge is -2.27. The molecule has 2 aromatic heterocycles. The molecule has 4 rings (SSSR count). The van der Waals surface area contributed by atoms with E-state index < -0.39 is 11.9 Å². The highest BCUT2D eigenvalue weighted by molar-refractivity contribution is 6.00. The molecule has 0 fully saturated rings. The minimum absolute atomic E-state index is 0.186. The zero-order valence-corrected chi connectivity index (χ0v) is 18.5. The summed E-state index contributed by atoms with van der Waals surface area (Å²) in [5.74, 6) is 1.16. The Morgan fingerprint density at radius 2 is 2.00 bits per heavy atom. The summed E-state index contributed by atoms with van der Waals surface area (Å²) in [6.07, 6.45) is 1.01. The average molecular weight is 434 g/mol. The molecule has 0 spiro atoms. The minimum Gasteiger partial charge on any atom is -0.482 e. The molecule has 1 aliphatic heterocycles. The van der Waals surface area contributed by atoms with Gasteiger partial charge in [-0.25, -0.2) is 14.4 Å². The fourth-order valence-corrected chi connectivity index (χ4v) is 3.71. The second kappa shape index (κ2) is 7.85. The maximum absolute atomic E-state index is 14.1. The number of nitriles is 1. The predicted molar refractivity (Wildman–Crippen MR) is 120 cm³/mol. The minimum atomic E-state index is -0.569. The van der Waals surface area contributed by atoms with Gasteiger partial charge in [-0.15, -0.1) is 0 Å². The SMILES string of the molecule is C[C@H]1Oc2cc(cnc2N)-c2c(nn(C)c2C#N)N(C)C(N(C)C)=Nc2ccc(F)cc21. The van der Waals surface area contributed by atoms with Crippen LogP contribution in [0.1, 0.15) is 24.3 Å². The van der Waals surface area contributed by atoms with Crippen molar-refractivity contribution < 1.29 is 9.13 Å². The summed E-state index contributed by atoms with van der Waals surface area (Å²) in [5.41, 5.74) is 8.72. The smallest absolute Gasteiger partial charge is 0.206 e. The van der Waals surface area contributed by atoms with E-state index in [0.29, 0.717) is 45.6 Å². The molecule has 164 valence electrons. The summed E-state index contributed by atoms with van der Waals surface area (Å²) in [6, 6.07) is 8.29. The maximum Gasteiger partial charge on any atom is 0.206 e. The number of anilines is 2. The molecule has 0 radical (unpaired) electrons. The predicted octanol–water partition coefficient (Wildman–Crippen LogP) is 3.21. The van der Waals surface area contributed by atoms with E-state index in [1.165, 1.54) is 16.8 Å². The number of aryl methyl sites for hydroxylation is 1. The fraction of sp³-hybridized carbons (Fsp3) is 0.273. The van der Waals surface area contributed by atoms with Gasteiger partial charge in [0, 0.05) is 45.5 Å². The van der Waals surface area contributed by atoms with Gasteiger partial charge in [0.05, 0.1) is 11.3 Å². The van der Waals surface area contributed by atoms with Crippen molar-refractivity contribution in [2.45, 2.75) is 13.0 Å². The van der Waals surface area contributed by atoms with Gasteiger partial charge in [0.1, 0.15) is 23.7 Å². The van der Waals surface area contributed by atoms with Gasteiger partial charge >= 0.3 is 0 Å². The molecule has 9 nitrogen and oxygen atoms in total. The van der Waals surface area contributed by atoms with E-state index in [1.54, 1.807) is 37.2 Å². The van der Waals surface area contributed by atoms with Crippen molar-refractivity contribution >= 4 is 23.3 Å². The topological polar surface area (TPSA) is 109 Å². The number of ether oxygens (including phenoxy) is 1. The van der Waals surface area contributed by atoms with Gasteiger partial charge in [-0.2, -0.15) is 10.4 Å². The summed E-state index contributed by atoms with van der Waals surface area (Å²) in [6.45, 7) is 1.79. The first-order valence-corrected chi connectivity index (χ1v) is 9.90. The van der Waals surface area contributed by atoms with Crippen LogP contribution in [0.3, 0.4) is 0 Å². The molecule has 0 unspecified atom stereocenters. The Morgan fingerprint density at radius 3 is 2.69 bits per heavy atom. The molecule has 2 N–H and O–H groups in total. The summed E-state index contributed by atoms with van der Waals surface area (Å²) in [4.78, 5) is 12.7. The van der Waals surface area contributed by atoms with E-state index in [4.69, 9.17) is 15.5 Å². The number of nitrogens with zero attached hydrogens (tertiary/aromatic N) is 7. The molecule has 1 atom stereocenters. The average Bonchev–Trinajstić information content (AvgIpc) is 3.09. The molecule has 3 aromatic rings. The molecular weight excluding hydrogens is 411 g/mol. The van der Waals surface area contributed by atoms with Crippen LogP contribution in [0.5, 0.6) is 5.75 Å². The molecule has 10 heteroatoms. The fourth-order valence-electron chi connectivity index (χ4n) is 3.71. The number of nitrogens with two attached hydrogens (primary N) is 1. The number of aliphatic imine (C=N–C) groups is 1. The van der Waals surface area contributed by atoms with E-state index in [1.807, 2.05) is 26.0 Å². The molecule has 0 aliphatic carbocycles. The van der Waals surface area contributed by atoms with Crippen LogP contribution in [0.4, 0.5) is 21.7 Å². The second-order valence-corrected chi connectivity index (χ2v) is 7.72. The summed E-state index contributed by atoms with van der Waals surface area (Å²) in [5, 5.41) is 14.4. The first-order valence-electron chi connectivity index (χ1n) is 9.90. The molecule has 3 heterocycles. The lowest BCUT2D eigenvalue weighted by atomic mass is 10.1. The quantitative estimate of drug-likeness (QED) is 0.579. The van der Waals surface area contributed by atoms with Crippen LogP contribution in [0.15, 0.2) is 35.5 Å². The van der Waals surface area contributed by atoms with E-state index in [2.05, 4.69) is 16.2 Å². The van der Waals surface area contributed by atoms with Crippen molar-refractivity contribution in [1.82, 2.24) is 19.7 Å². The number of aromatic nitrogens is 3. The van der Waals surface area contributed by atoms with E-state index in [-0.39, 0.29) is 5.82 Å². The summed E-state index contributed by atoms with van der Waals surface area (Å²) < 4.78 is 21.7. The molecule has 2 bridgehead atoms. The van der Waals surface area contributed by atoms with Gasteiger partial charge in [-0.1, -0.05) is 0 Å². The standard InChI is InChI=1S/C22H23FN8O/c1-12-15-9-14(23)6-7-16(15)27-22(29(2)3)30(4)21-19(17(10-24)31(5)28-21)13-8-18(32-12)20(25)26-11-13/h6-9,11-12H,1-5H3,(H2,25,26)/t12-/m1/s1. The number of halogens is 1. The highest BCUT2D eigenvalue weighted by Crippen LogP contribution is 2.39. The lowest BCUT2D eigenvalue weighted by molar-refractivity contribution is 0.228. The van der Waals surface area contributed by atoms with Crippen molar-refractivity contribution in [1.29, 1.82) is 5.26 Å². The van der Waals surface area contributed by atoms with Crippen molar-refractivity contribution in [3.63, 3.8) is 0 Å². The van der Waals surface area contributed by atoms with Gasteiger partial charge in [0.15, 0.2) is 17.4 Å². The molecule has 0 saturated carbocycles. The van der Waals surface area contributed by atoms with Crippen molar-refractivity contribution in [3.05, 3.63) is 47.5 Å². The maximum atomic E-state index is 14.1. The van der Waals surface area contributed by atoms with Gasteiger partial charge < -0.3 is 15.4 Å². The third kappa shape index (κ3) is 3.47. The summed E-state index contributed by atoms with van der Waals surface area (Å²) in [7, 11) is 7.21. The van der Waals surface area contributed by atoms with E-state index in [0.717, 1.165) is 0 Å². The molecule has 0 amide bonds. The van der Waals surface area contributed by atoms with Crippen LogP contribution < -0.4 is 15.4 Å². The van der Waals surface area contributed by atoms with Crippen LogP contribution >= 0.6 is 0 Å². The number of guanidine groups is 1. The number of benzene rings is 1. The molecule has 1 aliphatic rings. The number of pyridine rings is 1. The largest absolute Gasteiger partial charge is 0.482 e. The normalized spacial score (nSPS) is 15.3. The Kier molecular flexibility index (Phi) is 5.18. The van der Waals surface area contributed by atoms with Crippen molar-refractivity contribution in [2.24, 2.45) is 12.0 Å². The highest BCUT2D eigenvalue weighted by Gasteiger charge is 2.27. The first kappa shape index (κ1) is 21.1. The molecule has 32 heavy (non-hydrogen) atoms. The Hall–Kier alpha value is -4.13. The number of hydrogen-bond acceptors (Lipinski definition) is 8. The Bertz CT molecular complexity index is 1270. The third-order valence-corrected chi connectivity index (χ3v) is 5.27. The number of hydrogen-bond donors (Lipinski definition) is 1. The van der Waals surface area contributed by atoms with Crippen LogP contribution in [0, 0.1) is 17.1 Å². The van der Waals surface area contributed by atoms with Crippen molar-refractivity contribution in [2.75, 3.05) is 31.8 Å². The lowest BCUT2D eigenvalue weighted by Crippen LogP contribution is -2.38. The molecule has 1 aromatic carbocycles. The zero-order valence-electron chi connectivity index (χ0n) is 18.5. The highest BCUT2D eigenvalue weighted by atomic mass is 19.1. The van der Waals surface area contributed by atoms with Gasteiger partial charge in [-0.3, -0.25) is 9.58 Å². The van der Waals surface area contributed by atoms with Crippen LogP contribution in [-0.2, 0) is 7.05 Å². The Balaban J connectivity index is 2.08.